The molecule has 35 heavy (non-hydrogen) atoms. The first kappa shape index (κ1) is 24.1. The van der Waals surface area contributed by atoms with Gasteiger partial charge in [-0.25, -0.2) is 9.79 Å². The van der Waals surface area contributed by atoms with Gasteiger partial charge in [0.05, 0.1) is 47.5 Å². The number of pyridine rings is 1. The van der Waals surface area contributed by atoms with E-state index < -0.39 is 16.9 Å². The quantitative estimate of drug-likeness (QED) is 0.334. The summed E-state index contributed by atoms with van der Waals surface area (Å²) < 4.78 is 5.29. The summed E-state index contributed by atoms with van der Waals surface area (Å²) in [6.45, 7) is 3.86. The van der Waals surface area contributed by atoms with Gasteiger partial charge in [0.25, 0.3) is 5.69 Å². The van der Waals surface area contributed by atoms with Crippen molar-refractivity contribution in [2.45, 2.75) is 32.9 Å². The van der Waals surface area contributed by atoms with Crippen LogP contribution in [0.2, 0.25) is 0 Å². The molecule has 0 fully saturated rings. The summed E-state index contributed by atoms with van der Waals surface area (Å²) in [6, 6.07) is 10.8. The Morgan fingerprint density at radius 1 is 1.26 bits per heavy atom. The molecule has 1 aromatic heterocycles. The van der Waals surface area contributed by atoms with Crippen molar-refractivity contribution >= 4 is 34.5 Å². The van der Waals surface area contributed by atoms with Crippen LogP contribution in [0.5, 0.6) is 0 Å². The Morgan fingerprint density at radius 2 is 2.09 bits per heavy atom. The van der Waals surface area contributed by atoms with Crippen molar-refractivity contribution in [3.8, 4) is 0 Å². The van der Waals surface area contributed by atoms with Gasteiger partial charge in [-0.05, 0) is 37.0 Å². The average Bonchev–Trinajstić information content (AvgIpc) is 3.24. The molecule has 0 radical (unpaired) electrons. The van der Waals surface area contributed by atoms with Gasteiger partial charge in [0, 0.05) is 24.0 Å². The van der Waals surface area contributed by atoms with Crippen molar-refractivity contribution in [3.63, 3.8) is 0 Å². The van der Waals surface area contributed by atoms with Gasteiger partial charge in [-0.15, -0.1) is 0 Å². The molecule has 0 saturated heterocycles. The summed E-state index contributed by atoms with van der Waals surface area (Å²) in [5.41, 5.74) is 2.52. The molecule has 180 valence electrons. The van der Waals surface area contributed by atoms with Crippen LogP contribution in [0.25, 0.3) is 0 Å². The molecule has 2 aliphatic rings. The van der Waals surface area contributed by atoms with E-state index in [1.165, 1.54) is 23.9 Å². The van der Waals surface area contributed by atoms with Crippen molar-refractivity contribution in [1.82, 2.24) is 15.2 Å². The zero-order valence-electron chi connectivity index (χ0n) is 19.1. The number of benzene rings is 1. The summed E-state index contributed by atoms with van der Waals surface area (Å²) in [5, 5.41) is 16.7. The van der Waals surface area contributed by atoms with Crippen LogP contribution in [0.15, 0.2) is 76.0 Å². The number of carbonyl (C=O) groups is 2. The molecule has 0 bridgehead atoms. The maximum atomic E-state index is 13.0. The number of nitro groups is 1. The molecule has 3 heterocycles. The molecule has 1 N–H and O–H groups in total. The molecule has 2 aromatic rings. The molecule has 10 nitrogen and oxygen atoms in total. The molecule has 0 aliphatic carbocycles. The van der Waals surface area contributed by atoms with E-state index >= 15 is 0 Å². The van der Waals surface area contributed by atoms with Gasteiger partial charge < -0.3 is 15.0 Å². The Balaban J connectivity index is 1.65. The van der Waals surface area contributed by atoms with Crippen molar-refractivity contribution in [2.24, 2.45) is 4.99 Å². The summed E-state index contributed by atoms with van der Waals surface area (Å²) >= 11 is 1.33. The fourth-order valence-electron chi connectivity index (χ4n) is 3.88. The van der Waals surface area contributed by atoms with E-state index in [2.05, 4.69) is 15.3 Å². The van der Waals surface area contributed by atoms with Crippen molar-refractivity contribution in [3.05, 3.63) is 92.4 Å². The topological polar surface area (TPSA) is 127 Å². The third-order valence-corrected chi connectivity index (χ3v) is 6.32. The maximum absolute atomic E-state index is 13.0. The van der Waals surface area contributed by atoms with Gasteiger partial charge in [0.15, 0.2) is 5.17 Å². The number of non-ortho nitro benzene ring substituents is 1. The smallest absolute Gasteiger partial charge is 0.338 e. The molecule has 0 saturated carbocycles. The van der Waals surface area contributed by atoms with Crippen LogP contribution in [-0.4, -0.2) is 38.5 Å². The van der Waals surface area contributed by atoms with E-state index in [1.54, 1.807) is 43.1 Å². The number of hydrogen-bond donors (Lipinski definition) is 1. The number of fused-ring (bicyclic) bond motifs is 1. The summed E-state index contributed by atoms with van der Waals surface area (Å²) in [7, 11) is 0. The van der Waals surface area contributed by atoms with Crippen LogP contribution < -0.4 is 5.32 Å². The predicted octanol–water partition coefficient (Wildman–Crippen LogP) is 3.83. The minimum atomic E-state index is -0.730. The number of hydrogen-bond acceptors (Lipinski definition) is 9. The fraction of sp³-hybridized carbons (Fsp3) is 0.250. The van der Waals surface area contributed by atoms with Gasteiger partial charge in [-0.2, -0.15) is 0 Å². The highest BCUT2D eigenvalue weighted by Gasteiger charge is 2.41. The zero-order chi connectivity index (χ0) is 24.9. The van der Waals surface area contributed by atoms with E-state index in [9.17, 15) is 19.7 Å². The van der Waals surface area contributed by atoms with Gasteiger partial charge in [0.2, 0.25) is 5.91 Å². The second kappa shape index (κ2) is 10.5. The van der Waals surface area contributed by atoms with Crippen molar-refractivity contribution in [2.75, 3.05) is 6.61 Å². The molecule has 1 aromatic carbocycles. The monoisotopic (exact) mass is 493 g/mol. The Kier molecular flexibility index (Phi) is 7.25. The van der Waals surface area contributed by atoms with Crippen LogP contribution in [0.4, 0.5) is 5.69 Å². The lowest BCUT2D eigenvalue weighted by Gasteiger charge is -2.36. The highest BCUT2D eigenvalue weighted by molar-refractivity contribution is 8.16. The second-order valence-electron chi connectivity index (χ2n) is 7.74. The number of thioether (sulfide) groups is 1. The van der Waals surface area contributed by atoms with Crippen LogP contribution in [0, 0.1) is 10.1 Å². The fourth-order valence-corrected chi connectivity index (χ4v) is 4.85. The summed E-state index contributed by atoms with van der Waals surface area (Å²) in [4.78, 5) is 47.2. The number of nitro benzene ring substituents is 1. The van der Waals surface area contributed by atoms with Crippen LogP contribution in [0.3, 0.4) is 0 Å². The first-order chi connectivity index (χ1) is 16.9. The van der Waals surface area contributed by atoms with Crippen LogP contribution in [-0.2, 0) is 20.9 Å². The van der Waals surface area contributed by atoms with Gasteiger partial charge in [-0.1, -0.05) is 30.0 Å². The van der Waals surface area contributed by atoms with Gasteiger partial charge in [0.1, 0.15) is 0 Å². The molecule has 0 spiro atoms. The normalized spacial score (nSPS) is 16.9. The molecule has 1 atom stereocenters. The maximum Gasteiger partial charge on any atom is 0.338 e. The lowest BCUT2D eigenvalue weighted by atomic mass is 9.93. The van der Waals surface area contributed by atoms with Crippen molar-refractivity contribution < 1.29 is 19.2 Å². The number of amides is 1. The predicted molar refractivity (Wildman–Crippen MR) is 131 cm³/mol. The van der Waals surface area contributed by atoms with E-state index in [1.807, 2.05) is 17.5 Å². The van der Waals surface area contributed by atoms with Crippen LogP contribution in [0.1, 0.15) is 37.6 Å². The van der Waals surface area contributed by atoms with Crippen molar-refractivity contribution in [1.29, 1.82) is 0 Å². The molecule has 1 amide bonds. The number of rotatable bonds is 8. The molecular weight excluding hydrogens is 470 g/mol. The Labute approximate surface area is 205 Å². The highest BCUT2D eigenvalue weighted by atomic mass is 32.2. The lowest BCUT2D eigenvalue weighted by Crippen LogP contribution is -2.38. The first-order valence-electron chi connectivity index (χ1n) is 10.9. The molecule has 4 rings (SSSR count). The number of ether oxygens (including phenoxy) is 1. The second-order valence-corrected chi connectivity index (χ2v) is 8.58. The third kappa shape index (κ3) is 5.24. The number of carbonyl (C=O) groups excluding carboxylic acids is 2. The molecular formula is C24H23N5O5S. The number of aromatic nitrogens is 1. The molecule has 11 heteroatoms. The highest BCUT2D eigenvalue weighted by Crippen LogP contribution is 2.45. The standard InChI is InChI=1S/C24H23N5O5S/c1-3-34-23(31)21-15(2)27-24-28(22(21)16-7-6-9-18(11-16)29(32)33)19(14-35-24)12-20(30)26-13-17-8-4-5-10-25-17/h4-11,14,22H,3,12-13H2,1-2H3,(H,26,30). The number of allylic oxidation sites excluding steroid dienone is 1. The van der Waals surface area contributed by atoms with Gasteiger partial charge in [-0.3, -0.25) is 19.9 Å². The molecule has 2 aliphatic heterocycles. The van der Waals surface area contributed by atoms with E-state index in [4.69, 9.17) is 4.74 Å². The van der Waals surface area contributed by atoms with E-state index in [0.29, 0.717) is 22.1 Å². The number of nitrogens with zero attached hydrogens (tertiary/aromatic N) is 4. The summed E-state index contributed by atoms with van der Waals surface area (Å²) in [6.07, 6.45) is 1.68. The largest absolute Gasteiger partial charge is 0.463 e. The Hall–Kier alpha value is -3.99. The Bertz CT molecular complexity index is 1260. The van der Waals surface area contributed by atoms with Crippen LogP contribution >= 0.6 is 11.8 Å². The lowest BCUT2D eigenvalue weighted by molar-refractivity contribution is -0.384. The minimum Gasteiger partial charge on any atom is -0.463 e. The third-order valence-electron chi connectivity index (χ3n) is 5.43. The minimum absolute atomic E-state index is 0.0272. The first-order valence-corrected chi connectivity index (χ1v) is 11.8. The number of nitrogens with one attached hydrogen (secondary N) is 1. The molecule has 1 unspecified atom stereocenters. The number of esters is 1. The number of aliphatic imine (C=N–C) groups is 1. The van der Waals surface area contributed by atoms with E-state index in [0.717, 1.165) is 5.69 Å². The summed E-state index contributed by atoms with van der Waals surface area (Å²) in [5.74, 6) is -0.786. The average molecular weight is 494 g/mol. The van der Waals surface area contributed by atoms with Gasteiger partial charge >= 0.3 is 5.97 Å². The Morgan fingerprint density at radius 3 is 2.80 bits per heavy atom. The zero-order valence-corrected chi connectivity index (χ0v) is 19.9. The van der Waals surface area contributed by atoms with E-state index in [-0.39, 0.29) is 36.7 Å². The SMILES string of the molecule is CCOC(=O)C1=C(C)N=C2SC=C(CC(=O)NCc3ccccn3)N2C1c1cccc([N+](=O)[O-])c1. The number of amidine groups is 1.